The molecule has 3 rings (SSSR count). The molecule has 164 valence electrons. The summed E-state index contributed by atoms with van der Waals surface area (Å²) >= 11 is 5.22. The molecular weight excluding hydrogens is 440 g/mol. The minimum atomic E-state index is -4.68. The number of hydrogen-bond acceptors (Lipinski definition) is 5. The zero-order valence-electron chi connectivity index (χ0n) is 15.9. The van der Waals surface area contributed by atoms with Crippen molar-refractivity contribution in [2.75, 3.05) is 31.1 Å². The molecule has 2 aromatic rings. The second kappa shape index (κ2) is 8.84. The summed E-state index contributed by atoms with van der Waals surface area (Å²) in [7, 11) is 0. The fourth-order valence-corrected chi connectivity index (χ4v) is 3.39. The molecule has 12 heteroatoms. The standard InChI is InChI=1S/C19H16F4N4O3S/c20-14-4-1-12(2-5-14)17(28)24-18(31)26-9-7-25(8-10-26)15-6-3-13(19(21,22)23)11-16(15)27(29)30/h1-6,11H,7-10H2,(H,24,28,31). The monoisotopic (exact) mass is 456 g/mol. The van der Waals surface area contributed by atoms with Gasteiger partial charge in [0.05, 0.1) is 10.5 Å². The van der Waals surface area contributed by atoms with E-state index >= 15 is 0 Å². The first-order valence-electron chi connectivity index (χ1n) is 9.02. The summed E-state index contributed by atoms with van der Waals surface area (Å²) in [5.41, 5.74) is -1.41. The van der Waals surface area contributed by atoms with Gasteiger partial charge in [0.15, 0.2) is 5.11 Å². The molecule has 0 spiro atoms. The molecular formula is C19H16F4N4O3S. The van der Waals surface area contributed by atoms with Crippen molar-refractivity contribution in [2.24, 2.45) is 0 Å². The van der Waals surface area contributed by atoms with E-state index in [9.17, 15) is 32.5 Å². The van der Waals surface area contributed by atoms with Crippen LogP contribution < -0.4 is 10.2 Å². The largest absolute Gasteiger partial charge is 0.416 e. The van der Waals surface area contributed by atoms with Crippen molar-refractivity contribution in [3.05, 3.63) is 69.5 Å². The van der Waals surface area contributed by atoms with Gasteiger partial charge in [-0.15, -0.1) is 0 Å². The van der Waals surface area contributed by atoms with Gasteiger partial charge in [0, 0.05) is 37.8 Å². The normalized spacial score (nSPS) is 14.3. The van der Waals surface area contributed by atoms with E-state index in [4.69, 9.17) is 12.2 Å². The number of thiocarbonyl (C=S) groups is 1. The topological polar surface area (TPSA) is 78.7 Å². The Hall–Kier alpha value is -3.28. The third-order valence-corrected chi connectivity index (χ3v) is 5.09. The molecule has 31 heavy (non-hydrogen) atoms. The van der Waals surface area contributed by atoms with Crippen molar-refractivity contribution in [3.8, 4) is 0 Å². The van der Waals surface area contributed by atoms with E-state index in [1.807, 2.05) is 0 Å². The SMILES string of the molecule is O=C(NC(=S)N1CCN(c2ccc(C(F)(F)F)cc2[N+](=O)[O-])CC1)c1ccc(F)cc1. The average Bonchev–Trinajstić information content (AvgIpc) is 2.73. The second-order valence-electron chi connectivity index (χ2n) is 6.70. The molecule has 2 aromatic carbocycles. The Kier molecular flexibility index (Phi) is 6.39. The van der Waals surface area contributed by atoms with E-state index in [0.717, 1.165) is 24.3 Å². The number of nitro groups is 1. The zero-order valence-corrected chi connectivity index (χ0v) is 16.7. The molecule has 1 heterocycles. The summed E-state index contributed by atoms with van der Waals surface area (Å²) in [6.45, 7) is 1.08. The number of amides is 1. The maximum Gasteiger partial charge on any atom is 0.416 e. The van der Waals surface area contributed by atoms with Gasteiger partial charge in [0.2, 0.25) is 0 Å². The highest BCUT2D eigenvalue weighted by Gasteiger charge is 2.34. The number of carbonyl (C=O) groups is 1. The van der Waals surface area contributed by atoms with E-state index in [0.29, 0.717) is 19.2 Å². The molecule has 0 aliphatic carbocycles. The second-order valence-corrected chi connectivity index (χ2v) is 7.09. The number of carbonyl (C=O) groups excluding carboxylic acids is 1. The van der Waals surface area contributed by atoms with Crippen LogP contribution in [0.15, 0.2) is 42.5 Å². The third-order valence-electron chi connectivity index (χ3n) is 4.73. The van der Waals surface area contributed by atoms with Crippen molar-refractivity contribution in [1.29, 1.82) is 0 Å². The number of rotatable bonds is 3. The van der Waals surface area contributed by atoms with E-state index in [1.54, 1.807) is 9.80 Å². The minimum Gasteiger partial charge on any atom is -0.362 e. The van der Waals surface area contributed by atoms with Crippen molar-refractivity contribution < 1.29 is 27.3 Å². The van der Waals surface area contributed by atoms with Crippen LogP contribution in [0.2, 0.25) is 0 Å². The molecule has 0 saturated carbocycles. The number of piperazine rings is 1. The van der Waals surface area contributed by atoms with Gasteiger partial charge in [-0.2, -0.15) is 13.2 Å². The lowest BCUT2D eigenvalue weighted by Gasteiger charge is -2.37. The lowest BCUT2D eigenvalue weighted by molar-refractivity contribution is -0.384. The maximum atomic E-state index is 13.0. The quantitative estimate of drug-likeness (QED) is 0.329. The Morgan fingerprint density at radius 3 is 2.23 bits per heavy atom. The van der Waals surface area contributed by atoms with Gasteiger partial charge in [-0.3, -0.25) is 20.2 Å². The number of anilines is 1. The Morgan fingerprint density at radius 2 is 1.68 bits per heavy atom. The van der Waals surface area contributed by atoms with Gasteiger partial charge < -0.3 is 9.80 Å². The fourth-order valence-electron chi connectivity index (χ4n) is 3.11. The third kappa shape index (κ3) is 5.26. The Bertz CT molecular complexity index is 1010. The lowest BCUT2D eigenvalue weighted by atomic mass is 10.1. The van der Waals surface area contributed by atoms with Crippen LogP contribution in [0.5, 0.6) is 0 Å². The average molecular weight is 456 g/mol. The predicted molar refractivity (Wildman–Crippen MR) is 108 cm³/mol. The number of nitrogens with one attached hydrogen (secondary N) is 1. The number of alkyl halides is 3. The number of benzene rings is 2. The smallest absolute Gasteiger partial charge is 0.362 e. The molecule has 0 unspecified atom stereocenters. The van der Waals surface area contributed by atoms with Crippen LogP contribution in [0.25, 0.3) is 0 Å². The van der Waals surface area contributed by atoms with Crippen LogP contribution in [0.3, 0.4) is 0 Å². The fraction of sp³-hybridized carbons (Fsp3) is 0.263. The van der Waals surface area contributed by atoms with Crippen LogP contribution in [-0.4, -0.2) is 47.0 Å². The van der Waals surface area contributed by atoms with Crippen molar-refractivity contribution in [3.63, 3.8) is 0 Å². The molecule has 1 aliphatic rings. The van der Waals surface area contributed by atoms with Crippen LogP contribution in [0, 0.1) is 15.9 Å². The van der Waals surface area contributed by atoms with Crippen LogP contribution in [0.4, 0.5) is 28.9 Å². The van der Waals surface area contributed by atoms with Crippen LogP contribution in [0.1, 0.15) is 15.9 Å². The van der Waals surface area contributed by atoms with Crippen molar-refractivity contribution in [1.82, 2.24) is 10.2 Å². The summed E-state index contributed by atoms with van der Waals surface area (Å²) in [6, 6.07) is 7.34. The van der Waals surface area contributed by atoms with E-state index in [2.05, 4.69) is 5.32 Å². The summed E-state index contributed by atoms with van der Waals surface area (Å²) in [6.07, 6.45) is -4.68. The van der Waals surface area contributed by atoms with Gasteiger partial charge in [-0.25, -0.2) is 4.39 Å². The molecule has 1 aliphatic heterocycles. The number of nitrogens with zero attached hydrogens (tertiary/aromatic N) is 3. The Balaban J connectivity index is 1.65. The Morgan fingerprint density at radius 1 is 1.06 bits per heavy atom. The highest BCUT2D eigenvalue weighted by Crippen LogP contribution is 2.36. The number of hydrogen-bond donors (Lipinski definition) is 1. The molecule has 0 bridgehead atoms. The highest BCUT2D eigenvalue weighted by molar-refractivity contribution is 7.80. The zero-order chi connectivity index (χ0) is 22.8. The highest BCUT2D eigenvalue weighted by atomic mass is 32.1. The van der Waals surface area contributed by atoms with E-state index in [-0.39, 0.29) is 29.5 Å². The Labute approximate surface area is 179 Å². The van der Waals surface area contributed by atoms with Crippen LogP contribution in [-0.2, 0) is 6.18 Å². The van der Waals surface area contributed by atoms with Crippen molar-refractivity contribution in [2.45, 2.75) is 6.18 Å². The van der Waals surface area contributed by atoms with Gasteiger partial charge in [-0.1, -0.05) is 0 Å². The summed E-state index contributed by atoms with van der Waals surface area (Å²) < 4.78 is 51.6. The molecule has 1 saturated heterocycles. The summed E-state index contributed by atoms with van der Waals surface area (Å²) in [5.74, 6) is -0.988. The van der Waals surface area contributed by atoms with Crippen LogP contribution >= 0.6 is 12.2 Å². The number of halogens is 4. The first-order valence-corrected chi connectivity index (χ1v) is 9.43. The van der Waals surface area contributed by atoms with E-state index in [1.165, 1.54) is 12.1 Å². The first-order chi connectivity index (χ1) is 14.6. The number of nitro benzene ring substituents is 1. The minimum absolute atomic E-state index is 0.0823. The molecule has 0 aromatic heterocycles. The van der Waals surface area contributed by atoms with E-state index < -0.39 is 34.1 Å². The molecule has 0 radical (unpaired) electrons. The lowest BCUT2D eigenvalue weighted by Crippen LogP contribution is -2.52. The summed E-state index contributed by atoms with van der Waals surface area (Å²) in [5, 5.41) is 14.0. The molecule has 1 amide bonds. The van der Waals surface area contributed by atoms with Crippen molar-refractivity contribution >= 4 is 34.6 Å². The molecule has 0 atom stereocenters. The maximum absolute atomic E-state index is 13.0. The van der Waals surface area contributed by atoms with Gasteiger partial charge in [0.1, 0.15) is 11.5 Å². The van der Waals surface area contributed by atoms with Gasteiger partial charge in [0.25, 0.3) is 11.6 Å². The van der Waals surface area contributed by atoms with Gasteiger partial charge in [-0.05, 0) is 48.6 Å². The summed E-state index contributed by atoms with van der Waals surface area (Å²) in [4.78, 5) is 25.9. The predicted octanol–water partition coefficient (Wildman–Crippen LogP) is 3.59. The molecule has 1 N–H and O–H groups in total. The molecule has 1 fully saturated rings. The first kappa shape index (κ1) is 22.4. The van der Waals surface area contributed by atoms with Gasteiger partial charge >= 0.3 is 6.18 Å². The molecule has 7 nitrogen and oxygen atoms in total.